The number of amides is 2. The van der Waals surface area contributed by atoms with Crippen molar-refractivity contribution in [1.29, 1.82) is 0 Å². The van der Waals surface area contributed by atoms with Crippen molar-refractivity contribution in [2.75, 3.05) is 0 Å². The first kappa shape index (κ1) is 11.2. The fourth-order valence-electron chi connectivity index (χ4n) is 2.80. The SMILES string of the molecule is FC(F)F.O=C1NC(=O)C2=C1C1CCC2C1. The third kappa shape index (κ3) is 1.72. The van der Waals surface area contributed by atoms with Crippen molar-refractivity contribution in [2.45, 2.75) is 25.9 Å². The average Bonchev–Trinajstić information content (AvgIpc) is 2.79. The van der Waals surface area contributed by atoms with Gasteiger partial charge in [-0.25, -0.2) is 0 Å². The van der Waals surface area contributed by atoms with Gasteiger partial charge < -0.3 is 0 Å². The average molecular weight is 233 g/mol. The maximum absolute atomic E-state index is 11.3. The van der Waals surface area contributed by atoms with Crippen molar-refractivity contribution in [3.05, 3.63) is 11.1 Å². The number of hydrogen-bond donors (Lipinski definition) is 1. The first-order chi connectivity index (χ1) is 7.50. The maximum atomic E-state index is 11.3. The van der Waals surface area contributed by atoms with E-state index in [1.807, 2.05) is 0 Å². The van der Waals surface area contributed by atoms with Crippen molar-refractivity contribution in [2.24, 2.45) is 11.8 Å². The highest BCUT2D eigenvalue weighted by atomic mass is 19.4. The molecular weight excluding hydrogens is 223 g/mol. The van der Waals surface area contributed by atoms with E-state index in [0.29, 0.717) is 11.8 Å². The second-order valence-electron chi connectivity index (χ2n) is 4.06. The Balaban J connectivity index is 0.000000212. The standard InChI is InChI=1S/C9H9NO2.CHF3/c11-8-6-4-1-2-5(3-4)7(6)9(12)10-8;2-1(3)4/h4-5H,1-3H2,(H,10,11,12);1H. The van der Waals surface area contributed by atoms with E-state index in [1.165, 1.54) is 0 Å². The number of imide groups is 1. The number of rotatable bonds is 0. The van der Waals surface area contributed by atoms with Crippen LogP contribution in [0.4, 0.5) is 13.2 Å². The van der Waals surface area contributed by atoms with E-state index in [9.17, 15) is 22.8 Å². The molecule has 16 heavy (non-hydrogen) atoms. The van der Waals surface area contributed by atoms with Gasteiger partial charge in [-0.1, -0.05) is 0 Å². The van der Waals surface area contributed by atoms with Crippen LogP contribution in [0.15, 0.2) is 11.1 Å². The molecule has 1 saturated carbocycles. The van der Waals surface area contributed by atoms with Crippen molar-refractivity contribution in [1.82, 2.24) is 5.32 Å². The molecule has 0 aromatic heterocycles. The summed E-state index contributed by atoms with van der Waals surface area (Å²) in [4.78, 5) is 22.5. The van der Waals surface area contributed by atoms with Gasteiger partial charge in [-0.2, -0.15) is 13.2 Å². The molecule has 2 aliphatic carbocycles. The van der Waals surface area contributed by atoms with Crippen LogP contribution in [-0.2, 0) is 9.59 Å². The second kappa shape index (κ2) is 3.92. The number of carbonyl (C=O) groups is 2. The Kier molecular flexibility index (Phi) is 2.73. The summed E-state index contributed by atoms with van der Waals surface area (Å²) >= 11 is 0. The van der Waals surface area contributed by atoms with Crippen molar-refractivity contribution >= 4 is 11.8 Å². The van der Waals surface area contributed by atoms with Crippen LogP contribution in [0, 0.1) is 11.8 Å². The summed E-state index contributed by atoms with van der Waals surface area (Å²) < 4.78 is 29.0. The molecule has 0 spiro atoms. The molecule has 2 amide bonds. The summed E-state index contributed by atoms with van der Waals surface area (Å²) in [6.07, 6.45) is 3.25. The largest absolute Gasteiger partial charge is 0.379 e. The van der Waals surface area contributed by atoms with Crippen LogP contribution < -0.4 is 5.32 Å². The Labute approximate surface area is 89.7 Å². The number of nitrogens with one attached hydrogen (secondary N) is 1. The Morgan fingerprint density at radius 3 is 1.75 bits per heavy atom. The lowest BCUT2D eigenvalue weighted by atomic mass is 9.93. The molecule has 1 heterocycles. The highest BCUT2D eigenvalue weighted by molar-refractivity contribution is 6.20. The molecule has 3 nitrogen and oxygen atoms in total. The predicted molar refractivity (Wildman–Crippen MR) is 48.1 cm³/mol. The van der Waals surface area contributed by atoms with Gasteiger partial charge >= 0.3 is 6.68 Å². The molecule has 1 N–H and O–H groups in total. The normalized spacial score (nSPS) is 30.5. The van der Waals surface area contributed by atoms with Crippen LogP contribution in [0.2, 0.25) is 0 Å². The first-order valence-corrected chi connectivity index (χ1v) is 5.02. The van der Waals surface area contributed by atoms with E-state index in [1.54, 1.807) is 0 Å². The van der Waals surface area contributed by atoms with Crippen molar-refractivity contribution < 1.29 is 22.8 Å². The summed E-state index contributed by atoms with van der Waals surface area (Å²) in [5.41, 5.74) is 1.63. The van der Waals surface area contributed by atoms with Gasteiger partial charge in [-0.3, -0.25) is 14.9 Å². The third-order valence-electron chi connectivity index (χ3n) is 3.26. The van der Waals surface area contributed by atoms with Crippen LogP contribution in [-0.4, -0.2) is 18.5 Å². The Morgan fingerprint density at radius 1 is 1.00 bits per heavy atom. The summed E-state index contributed by atoms with van der Waals surface area (Å²) in [5, 5.41) is 2.37. The summed E-state index contributed by atoms with van der Waals surface area (Å²) in [5.74, 6) is 0.553. The highest BCUT2D eigenvalue weighted by Gasteiger charge is 2.48. The monoisotopic (exact) mass is 233 g/mol. The van der Waals surface area contributed by atoms with Gasteiger partial charge in [0, 0.05) is 11.1 Å². The summed E-state index contributed by atoms with van der Waals surface area (Å²) in [6, 6.07) is 0. The van der Waals surface area contributed by atoms with Crippen LogP contribution in [0.3, 0.4) is 0 Å². The van der Waals surface area contributed by atoms with E-state index >= 15 is 0 Å². The van der Waals surface area contributed by atoms with Crippen LogP contribution >= 0.6 is 0 Å². The number of halogens is 3. The zero-order valence-electron chi connectivity index (χ0n) is 8.30. The summed E-state index contributed by atoms with van der Waals surface area (Å²) in [6.45, 7) is -3.67. The van der Waals surface area contributed by atoms with Gasteiger partial charge in [0.25, 0.3) is 11.8 Å². The molecule has 1 aliphatic heterocycles. The lowest BCUT2D eigenvalue weighted by Crippen LogP contribution is -2.26. The number of carbonyl (C=O) groups excluding carboxylic acids is 2. The van der Waals surface area contributed by atoms with Gasteiger partial charge in [0.15, 0.2) is 0 Å². The van der Waals surface area contributed by atoms with Crippen molar-refractivity contribution in [3.8, 4) is 0 Å². The quantitative estimate of drug-likeness (QED) is 0.645. The lowest BCUT2D eigenvalue weighted by Gasteiger charge is -2.08. The van der Waals surface area contributed by atoms with E-state index in [2.05, 4.69) is 5.32 Å². The molecule has 2 atom stereocenters. The first-order valence-electron chi connectivity index (χ1n) is 5.02. The predicted octanol–water partition coefficient (Wildman–Crippen LogP) is 1.55. The molecule has 2 unspecified atom stereocenters. The third-order valence-corrected chi connectivity index (χ3v) is 3.26. The van der Waals surface area contributed by atoms with E-state index in [-0.39, 0.29) is 11.8 Å². The zero-order chi connectivity index (χ0) is 11.9. The fourth-order valence-corrected chi connectivity index (χ4v) is 2.80. The topological polar surface area (TPSA) is 46.2 Å². The van der Waals surface area contributed by atoms with Crippen LogP contribution in [0.1, 0.15) is 19.3 Å². The molecule has 3 aliphatic rings. The Hall–Kier alpha value is -1.33. The minimum Gasteiger partial charge on any atom is -0.289 e. The minimum absolute atomic E-state index is 0.123. The molecule has 6 heteroatoms. The Morgan fingerprint density at radius 2 is 1.38 bits per heavy atom. The Bertz CT molecular complexity index is 346. The fraction of sp³-hybridized carbons (Fsp3) is 0.600. The number of fused-ring (bicyclic) bond motifs is 4. The van der Waals surface area contributed by atoms with Gasteiger partial charge in [0.1, 0.15) is 0 Å². The molecule has 0 radical (unpaired) electrons. The van der Waals surface area contributed by atoms with Gasteiger partial charge in [0.2, 0.25) is 0 Å². The van der Waals surface area contributed by atoms with Gasteiger partial charge in [-0.05, 0) is 31.1 Å². The molecule has 3 rings (SSSR count). The molecular formula is C10H10F3NO2. The maximum Gasteiger partial charge on any atom is 0.379 e. The van der Waals surface area contributed by atoms with Gasteiger partial charge in [-0.15, -0.1) is 0 Å². The molecule has 88 valence electrons. The van der Waals surface area contributed by atoms with E-state index < -0.39 is 6.68 Å². The van der Waals surface area contributed by atoms with Crippen LogP contribution in [0.5, 0.6) is 0 Å². The molecule has 1 fully saturated rings. The minimum atomic E-state index is -3.67. The second-order valence-corrected chi connectivity index (χ2v) is 4.06. The summed E-state index contributed by atoms with van der Waals surface area (Å²) in [7, 11) is 0. The lowest BCUT2D eigenvalue weighted by molar-refractivity contribution is -0.124. The van der Waals surface area contributed by atoms with E-state index in [0.717, 1.165) is 30.4 Å². The molecule has 0 aromatic rings. The van der Waals surface area contributed by atoms with E-state index in [4.69, 9.17) is 0 Å². The van der Waals surface area contributed by atoms with Crippen LogP contribution in [0.25, 0.3) is 0 Å². The molecule has 2 bridgehead atoms. The molecule has 0 saturated heterocycles. The molecule has 0 aromatic carbocycles. The highest BCUT2D eigenvalue weighted by Crippen LogP contribution is 2.50. The van der Waals surface area contributed by atoms with Gasteiger partial charge in [0.05, 0.1) is 0 Å². The zero-order valence-corrected chi connectivity index (χ0v) is 8.30. The number of hydrogen-bond acceptors (Lipinski definition) is 2. The smallest absolute Gasteiger partial charge is 0.289 e. The number of alkyl halides is 3. The van der Waals surface area contributed by atoms with Crippen molar-refractivity contribution in [3.63, 3.8) is 0 Å².